The predicted molar refractivity (Wildman–Crippen MR) is 82.0 cm³/mol. The van der Waals surface area contributed by atoms with Crippen LogP contribution in [0.4, 0.5) is 11.6 Å². The molecule has 1 aliphatic rings. The second kappa shape index (κ2) is 6.39. The Morgan fingerprint density at radius 1 is 1.35 bits per heavy atom. The second-order valence-electron chi connectivity index (χ2n) is 6.02. The quantitative estimate of drug-likeness (QED) is 0.837. The standard InChI is InChI=1S/C15H26N4O/c1-5-20-10-14-18-12(16-4)9-13(19-14)17-11-7-6-8-15(11,2)3/h9,11H,5-8,10H2,1-4H3,(H2,16,17,18,19). The van der Waals surface area contributed by atoms with E-state index in [1.807, 2.05) is 20.0 Å². The summed E-state index contributed by atoms with van der Waals surface area (Å²) >= 11 is 0. The third kappa shape index (κ3) is 3.60. The molecule has 1 saturated carbocycles. The molecule has 2 N–H and O–H groups in total. The van der Waals surface area contributed by atoms with Crippen molar-refractivity contribution in [1.29, 1.82) is 0 Å². The number of ether oxygens (including phenoxy) is 1. The maximum Gasteiger partial charge on any atom is 0.158 e. The van der Waals surface area contributed by atoms with Gasteiger partial charge in [0, 0.05) is 25.8 Å². The van der Waals surface area contributed by atoms with Gasteiger partial charge >= 0.3 is 0 Å². The van der Waals surface area contributed by atoms with Crippen molar-refractivity contribution in [2.24, 2.45) is 5.41 Å². The van der Waals surface area contributed by atoms with Crippen LogP contribution in [0.25, 0.3) is 0 Å². The third-order valence-electron chi connectivity index (χ3n) is 4.04. The Labute approximate surface area is 121 Å². The van der Waals surface area contributed by atoms with Gasteiger partial charge in [-0.1, -0.05) is 20.3 Å². The van der Waals surface area contributed by atoms with Crippen LogP contribution in [0.5, 0.6) is 0 Å². The van der Waals surface area contributed by atoms with Crippen LogP contribution in [0.3, 0.4) is 0 Å². The maximum absolute atomic E-state index is 5.40. The van der Waals surface area contributed by atoms with Crippen molar-refractivity contribution in [2.45, 2.75) is 52.7 Å². The third-order valence-corrected chi connectivity index (χ3v) is 4.04. The molecule has 1 aliphatic carbocycles. The molecular formula is C15H26N4O. The van der Waals surface area contributed by atoms with E-state index < -0.39 is 0 Å². The smallest absolute Gasteiger partial charge is 0.158 e. The predicted octanol–water partition coefficient (Wildman–Crippen LogP) is 3.05. The number of anilines is 2. The van der Waals surface area contributed by atoms with E-state index >= 15 is 0 Å². The molecule has 1 heterocycles. The van der Waals surface area contributed by atoms with Gasteiger partial charge in [0.1, 0.15) is 18.2 Å². The van der Waals surface area contributed by atoms with Crippen molar-refractivity contribution in [3.05, 3.63) is 11.9 Å². The lowest BCUT2D eigenvalue weighted by molar-refractivity contribution is 0.128. The van der Waals surface area contributed by atoms with Crippen LogP contribution in [0.2, 0.25) is 0 Å². The van der Waals surface area contributed by atoms with Crippen LogP contribution in [-0.2, 0) is 11.3 Å². The minimum atomic E-state index is 0.324. The highest BCUT2D eigenvalue weighted by Gasteiger charge is 2.34. The zero-order chi connectivity index (χ0) is 14.6. The van der Waals surface area contributed by atoms with E-state index in [1.54, 1.807) is 0 Å². The van der Waals surface area contributed by atoms with Crippen molar-refractivity contribution in [1.82, 2.24) is 9.97 Å². The van der Waals surface area contributed by atoms with Crippen LogP contribution in [0.15, 0.2) is 6.07 Å². The highest BCUT2D eigenvalue weighted by Crippen LogP contribution is 2.38. The first kappa shape index (κ1) is 15.0. The summed E-state index contributed by atoms with van der Waals surface area (Å²) < 4.78 is 5.40. The summed E-state index contributed by atoms with van der Waals surface area (Å²) in [6.45, 7) is 7.74. The largest absolute Gasteiger partial charge is 0.374 e. The van der Waals surface area contributed by atoms with E-state index in [-0.39, 0.29) is 0 Å². The molecule has 0 radical (unpaired) electrons. The van der Waals surface area contributed by atoms with Crippen molar-refractivity contribution >= 4 is 11.6 Å². The summed E-state index contributed by atoms with van der Waals surface area (Å²) in [5, 5.41) is 6.66. The Morgan fingerprint density at radius 3 is 2.70 bits per heavy atom. The van der Waals surface area contributed by atoms with Gasteiger partial charge in [0.05, 0.1) is 0 Å². The molecule has 5 heteroatoms. The van der Waals surface area contributed by atoms with Gasteiger partial charge in [-0.15, -0.1) is 0 Å². The Kier molecular flexibility index (Phi) is 4.81. The van der Waals surface area contributed by atoms with Crippen molar-refractivity contribution in [3.63, 3.8) is 0 Å². The van der Waals surface area contributed by atoms with E-state index in [9.17, 15) is 0 Å². The number of aromatic nitrogens is 2. The van der Waals surface area contributed by atoms with E-state index in [2.05, 4.69) is 34.4 Å². The zero-order valence-electron chi connectivity index (χ0n) is 13.0. The SMILES string of the molecule is CCOCc1nc(NC)cc(NC2CCCC2(C)C)n1. The van der Waals surface area contributed by atoms with E-state index in [1.165, 1.54) is 19.3 Å². The highest BCUT2D eigenvalue weighted by molar-refractivity contribution is 5.48. The monoisotopic (exact) mass is 278 g/mol. The first-order valence-corrected chi connectivity index (χ1v) is 7.45. The van der Waals surface area contributed by atoms with E-state index in [0.717, 1.165) is 17.5 Å². The number of nitrogens with one attached hydrogen (secondary N) is 2. The van der Waals surface area contributed by atoms with Gasteiger partial charge < -0.3 is 15.4 Å². The van der Waals surface area contributed by atoms with Gasteiger partial charge in [-0.05, 0) is 25.2 Å². The van der Waals surface area contributed by atoms with Crippen LogP contribution >= 0.6 is 0 Å². The van der Waals surface area contributed by atoms with Gasteiger partial charge in [0.2, 0.25) is 0 Å². The normalized spacial score (nSPS) is 20.9. The molecule has 1 unspecified atom stereocenters. The first-order chi connectivity index (χ1) is 9.55. The number of hydrogen-bond acceptors (Lipinski definition) is 5. The summed E-state index contributed by atoms with van der Waals surface area (Å²) in [6.07, 6.45) is 3.74. The molecule has 112 valence electrons. The zero-order valence-corrected chi connectivity index (χ0v) is 13.0. The van der Waals surface area contributed by atoms with Gasteiger partial charge in [0.15, 0.2) is 5.82 Å². The van der Waals surface area contributed by atoms with Crippen LogP contribution in [0, 0.1) is 5.41 Å². The molecule has 1 fully saturated rings. The lowest BCUT2D eigenvalue weighted by Gasteiger charge is -2.28. The fraction of sp³-hybridized carbons (Fsp3) is 0.733. The second-order valence-corrected chi connectivity index (χ2v) is 6.02. The highest BCUT2D eigenvalue weighted by atomic mass is 16.5. The first-order valence-electron chi connectivity index (χ1n) is 7.45. The molecule has 0 bridgehead atoms. The molecule has 0 saturated heterocycles. The summed E-state index contributed by atoms with van der Waals surface area (Å²) in [4.78, 5) is 8.97. The topological polar surface area (TPSA) is 59.1 Å². The molecule has 0 spiro atoms. The van der Waals surface area contributed by atoms with Crippen molar-refractivity contribution in [2.75, 3.05) is 24.3 Å². The summed E-state index contributed by atoms with van der Waals surface area (Å²) in [6, 6.07) is 2.44. The molecule has 1 aromatic heterocycles. The van der Waals surface area contributed by atoms with Crippen LogP contribution in [-0.4, -0.2) is 29.7 Å². The lowest BCUT2D eigenvalue weighted by Crippen LogP contribution is -2.31. The van der Waals surface area contributed by atoms with Crippen LogP contribution < -0.4 is 10.6 Å². The Morgan fingerprint density at radius 2 is 2.10 bits per heavy atom. The van der Waals surface area contributed by atoms with Gasteiger partial charge in [0.25, 0.3) is 0 Å². The van der Waals surface area contributed by atoms with Crippen molar-refractivity contribution in [3.8, 4) is 0 Å². The van der Waals surface area contributed by atoms with Crippen LogP contribution in [0.1, 0.15) is 45.9 Å². The minimum Gasteiger partial charge on any atom is -0.374 e. The summed E-state index contributed by atoms with van der Waals surface area (Å²) in [7, 11) is 1.87. The molecule has 0 aromatic carbocycles. The average molecular weight is 278 g/mol. The van der Waals surface area contributed by atoms with Gasteiger partial charge in [-0.3, -0.25) is 0 Å². The average Bonchev–Trinajstić information content (AvgIpc) is 2.75. The van der Waals surface area contributed by atoms with E-state index in [4.69, 9.17) is 4.74 Å². The molecule has 20 heavy (non-hydrogen) atoms. The lowest BCUT2D eigenvalue weighted by atomic mass is 9.87. The van der Waals surface area contributed by atoms with Gasteiger partial charge in [-0.2, -0.15) is 0 Å². The summed E-state index contributed by atoms with van der Waals surface area (Å²) in [5.74, 6) is 2.43. The molecule has 1 atom stereocenters. The Bertz CT molecular complexity index is 447. The fourth-order valence-corrected chi connectivity index (χ4v) is 2.73. The minimum absolute atomic E-state index is 0.324. The fourth-order valence-electron chi connectivity index (χ4n) is 2.73. The Hall–Kier alpha value is -1.36. The maximum atomic E-state index is 5.40. The molecule has 0 amide bonds. The van der Waals surface area contributed by atoms with E-state index in [0.29, 0.717) is 24.7 Å². The Balaban J connectivity index is 2.13. The van der Waals surface area contributed by atoms with Gasteiger partial charge in [-0.25, -0.2) is 9.97 Å². The van der Waals surface area contributed by atoms with Crippen molar-refractivity contribution < 1.29 is 4.74 Å². The summed E-state index contributed by atoms with van der Waals surface area (Å²) in [5.41, 5.74) is 0.324. The number of hydrogen-bond donors (Lipinski definition) is 2. The number of rotatable bonds is 6. The molecular weight excluding hydrogens is 252 g/mol. The molecule has 2 rings (SSSR count). The molecule has 1 aromatic rings. The molecule has 5 nitrogen and oxygen atoms in total. The molecule has 0 aliphatic heterocycles. The number of nitrogens with zero attached hydrogens (tertiary/aromatic N) is 2.